The molecule has 0 bridgehead atoms. The fourth-order valence-corrected chi connectivity index (χ4v) is 3.50. The molecule has 2 aromatic rings. The van der Waals surface area contributed by atoms with E-state index in [9.17, 15) is 0 Å². The highest BCUT2D eigenvalue weighted by Crippen LogP contribution is 2.36. The highest BCUT2D eigenvalue weighted by Gasteiger charge is 2.19. The van der Waals surface area contributed by atoms with Crippen molar-refractivity contribution in [2.75, 3.05) is 17.2 Å². The van der Waals surface area contributed by atoms with Crippen molar-refractivity contribution in [2.45, 2.75) is 13.0 Å². The van der Waals surface area contributed by atoms with Crippen LogP contribution in [0.5, 0.6) is 0 Å². The molecule has 0 saturated carbocycles. The van der Waals surface area contributed by atoms with Crippen LogP contribution in [-0.4, -0.2) is 6.54 Å². The summed E-state index contributed by atoms with van der Waals surface area (Å²) in [6.45, 7) is 1.86. The van der Waals surface area contributed by atoms with Crippen LogP contribution < -0.4 is 10.6 Å². The van der Waals surface area contributed by atoms with Crippen LogP contribution in [0, 0.1) is 0 Å². The minimum Gasteiger partial charge on any atom is -0.397 e. The Morgan fingerprint density at radius 2 is 2.00 bits per heavy atom. The van der Waals surface area contributed by atoms with Crippen molar-refractivity contribution in [1.82, 2.24) is 0 Å². The van der Waals surface area contributed by atoms with E-state index in [2.05, 4.69) is 16.3 Å². The lowest BCUT2D eigenvalue weighted by molar-refractivity contribution is 0.745. The van der Waals surface area contributed by atoms with Crippen molar-refractivity contribution in [3.05, 3.63) is 44.1 Å². The third kappa shape index (κ3) is 2.07. The van der Waals surface area contributed by atoms with Crippen LogP contribution in [0.3, 0.4) is 0 Å². The number of nitrogens with zero attached hydrogens (tertiary/aromatic N) is 1. The molecule has 0 atom stereocenters. The number of benzene rings is 1. The zero-order valence-corrected chi connectivity index (χ0v) is 11.9. The molecule has 18 heavy (non-hydrogen) atoms. The van der Waals surface area contributed by atoms with Gasteiger partial charge in [-0.25, -0.2) is 0 Å². The minimum atomic E-state index is 0.506. The maximum atomic E-state index is 6.07. The van der Waals surface area contributed by atoms with Gasteiger partial charge in [0.25, 0.3) is 0 Å². The second-order valence-corrected chi connectivity index (χ2v) is 6.18. The summed E-state index contributed by atoms with van der Waals surface area (Å²) in [5.74, 6) is 0. The molecule has 1 aromatic carbocycles. The van der Waals surface area contributed by atoms with Crippen LogP contribution in [0.25, 0.3) is 0 Å². The molecule has 2 N–H and O–H groups in total. The number of rotatable bonds is 1. The Morgan fingerprint density at radius 3 is 2.83 bits per heavy atom. The van der Waals surface area contributed by atoms with Crippen LogP contribution in [0.15, 0.2) is 23.6 Å². The summed E-state index contributed by atoms with van der Waals surface area (Å²) in [6.07, 6.45) is 1.06. The maximum Gasteiger partial charge on any atom is 0.0619 e. The van der Waals surface area contributed by atoms with E-state index in [0.29, 0.717) is 15.7 Å². The first kappa shape index (κ1) is 12.2. The molecule has 0 aliphatic carbocycles. The van der Waals surface area contributed by atoms with Crippen LogP contribution in [0.4, 0.5) is 11.4 Å². The summed E-state index contributed by atoms with van der Waals surface area (Å²) in [6, 6.07) is 5.76. The third-order valence-electron chi connectivity index (χ3n) is 3.22. The standard InChI is InChI=1S/C13H12Cl2N2S/c14-9-5-11(16)12(6-10(9)15)17-3-1-13-8(7-17)2-4-18-13/h2,4-6H,1,3,7,16H2. The summed E-state index contributed by atoms with van der Waals surface area (Å²) in [5, 5.41) is 3.20. The van der Waals surface area contributed by atoms with E-state index in [4.69, 9.17) is 28.9 Å². The molecule has 3 rings (SSSR count). The number of hydrogen-bond donors (Lipinski definition) is 1. The zero-order valence-electron chi connectivity index (χ0n) is 9.62. The largest absolute Gasteiger partial charge is 0.397 e. The van der Waals surface area contributed by atoms with Crippen molar-refractivity contribution < 1.29 is 0 Å². The van der Waals surface area contributed by atoms with Gasteiger partial charge in [-0.05, 0) is 35.6 Å². The molecular formula is C13H12Cl2N2S. The van der Waals surface area contributed by atoms with Gasteiger partial charge in [-0.1, -0.05) is 23.2 Å². The number of fused-ring (bicyclic) bond motifs is 1. The molecular weight excluding hydrogens is 287 g/mol. The quantitative estimate of drug-likeness (QED) is 0.800. The van der Waals surface area contributed by atoms with Crippen molar-refractivity contribution in [1.29, 1.82) is 0 Å². The molecule has 1 aliphatic heterocycles. The van der Waals surface area contributed by atoms with Crippen LogP contribution in [0.1, 0.15) is 10.4 Å². The average Bonchev–Trinajstić information content (AvgIpc) is 2.80. The van der Waals surface area contributed by atoms with Crippen LogP contribution in [-0.2, 0) is 13.0 Å². The van der Waals surface area contributed by atoms with E-state index in [-0.39, 0.29) is 0 Å². The first-order valence-electron chi connectivity index (χ1n) is 5.70. The monoisotopic (exact) mass is 298 g/mol. The van der Waals surface area contributed by atoms with Crippen molar-refractivity contribution in [3.63, 3.8) is 0 Å². The highest BCUT2D eigenvalue weighted by atomic mass is 35.5. The summed E-state index contributed by atoms with van der Waals surface area (Å²) in [5.41, 5.74) is 9.08. The Balaban J connectivity index is 1.95. The van der Waals surface area contributed by atoms with Crippen molar-refractivity contribution >= 4 is 45.9 Å². The van der Waals surface area contributed by atoms with E-state index in [1.165, 1.54) is 10.4 Å². The highest BCUT2D eigenvalue weighted by molar-refractivity contribution is 7.10. The van der Waals surface area contributed by atoms with Crippen molar-refractivity contribution in [2.24, 2.45) is 0 Å². The molecule has 0 spiro atoms. The predicted molar refractivity (Wildman–Crippen MR) is 79.9 cm³/mol. The smallest absolute Gasteiger partial charge is 0.0619 e. The number of halogens is 2. The zero-order chi connectivity index (χ0) is 12.7. The van der Waals surface area contributed by atoms with Gasteiger partial charge in [0.15, 0.2) is 0 Å². The fourth-order valence-electron chi connectivity index (χ4n) is 2.28. The second-order valence-electron chi connectivity index (χ2n) is 4.37. The second kappa shape index (κ2) is 4.65. The summed E-state index contributed by atoms with van der Waals surface area (Å²) in [7, 11) is 0. The van der Waals surface area contributed by atoms with E-state index >= 15 is 0 Å². The summed E-state index contributed by atoms with van der Waals surface area (Å²) < 4.78 is 0. The van der Waals surface area contributed by atoms with Gasteiger partial charge in [0.05, 0.1) is 21.4 Å². The van der Waals surface area contributed by atoms with Gasteiger partial charge in [-0.3, -0.25) is 0 Å². The number of hydrogen-bond acceptors (Lipinski definition) is 3. The summed E-state index contributed by atoms with van der Waals surface area (Å²) in [4.78, 5) is 3.73. The number of nitrogen functional groups attached to an aromatic ring is 1. The van der Waals surface area contributed by atoms with Gasteiger partial charge in [0.1, 0.15) is 0 Å². The number of nitrogens with two attached hydrogens (primary N) is 1. The third-order valence-corrected chi connectivity index (χ3v) is 4.96. The predicted octanol–water partition coefficient (Wildman–Crippen LogP) is 4.20. The molecule has 1 aromatic heterocycles. The first-order valence-corrected chi connectivity index (χ1v) is 7.33. The molecule has 0 saturated heterocycles. The van der Waals surface area contributed by atoms with E-state index in [1.807, 2.05) is 17.4 Å². The molecule has 0 radical (unpaired) electrons. The van der Waals surface area contributed by atoms with E-state index < -0.39 is 0 Å². The van der Waals surface area contributed by atoms with E-state index in [0.717, 1.165) is 25.2 Å². The molecule has 94 valence electrons. The molecule has 5 heteroatoms. The molecule has 2 nitrogen and oxygen atoms in total. The van der Waals surface area contributed by atoms with Gasteiger partial charge in [0.2, 0.25) is 0 Å². The lowest BCUT2D eigenvalue weighted by Gasteiger charge is -2.30. The molecule has 0 fully saturated rings. The number of anilines is 2. The van der Waals surface area contributed by atoms with Gasteiger partial charge < -0.3 is 10.6 Å². The van der Waals surface area contributed by atoms with Gasteiger partial charge in [0, 0.05) is 18.0 Å². The van der Waals surface area contributed by atoms with E-state index in [1.54, 1.807) is 6.07 Å². The Bertz CT molecular complexity index is 595. The van der Waals surface area contributed by atoms with Gasteiger partial charge in [-0.2, -0.15) is 0 Å². The van der Waals surface area contributed by atoms with Crippen molar-refractivity contribution in [3.8, 4) is 0 Å². The Morgan fingerprint density at radius 1 is 1.22 bits per heavy atom. The SMILES string of the molecule is Nc1cc(Cl)c(Cl)cc1N1CCc2sccc2C1. The maximum absolute atomic E-state index is 6.07. The Hall–Kier alpha value is -0.900. The van der Waals surface area contributed by atoms with Gasteiger partial charge in [-0.15, -0.1) is 11.3 Å². The average molecular weight is 299 g/mol. The Labute approximate surface area is 120 Å². The summed E-state index contributed by atoms with van der Waals surface area (Å²) >= 11 is 13.9. The lowest BCUT2D eigenvalue weighted by atomic mass is 10.1. The minimum absolute atomic E-state index is 0.506. The first-order chi connectivity index (χ1) is 8.65. The topological polar surface area (TPSA) is 29.3 Å². The normalized spacial score (nSPS) is 14.7. The fraction of sp³-hybridized carbons (Fsp3) is 0.231. The van der Waals surface area contributed by atoms with Gasteiger partial charge >= 0.3 is 0 Å². The van der Waals surface area contributed by atoms with Crippen LogP contribution >= 0.6 is 34.5 Å². The lowest BCUT2D eigenvalue weighted by Crippen LogP contribution is -2.30. The molecule has 0 amide bonds. The molecule has 1 aliphatic rings. The Kier molecular flexibility index (Phi) is 3.14. The number of thiophene rings is 1. The molecule has 0 unspecified atom stereocenters. The van der Waals surface area contributed by atoms with Crippen LogP contribution in [0.2, 0.25) is 10.0 Å². The molecule has 2 heterocycles.